The van der Waals surface area contributed by atoms with Crippen LogP contribution in [0.4, 0.5) is 0 Å². The summed E-state index contributed by atoms with van der Waals surface area (Å²) < 4.78 is 11.3. The molecule has 2 heteroatoms. The lowest BCUT2D eigenvalue weighted by Gasteiger charge is -2.02. The molecular formula is C15H22O2. The van der Waals surface area contributed by atoms with Gasteiger partial charge >= 0.3 is 0 Å². The largest absolute Gasteiger partial charge is 0.491 e. The van der Waals surface area contributed by atoms with Gasteiger partial charge in [-0.15, -0.1) is 0 Å². The van der Waals surface area contributed by atoms with Crippen molar-refractivity contribution in [2.75, 3.05) is 6.61 Å². The zero-order valence-corrected chi connectivity index (χ0v) is 10.6. The Kier molecular flexibility index (Phi) is 4.87. The first-order chi connectivity index (χ1) is 8.40. The molecule has 0 amide bonds. The van der Waals surface area contributed by atoms with Crippen molar-refractivity contribution in [3.05, 3.63) is 30.3 Å². The molecule has 1 aliphatic heterocycles. The number of unbranched alkanes of at least 4 members (excludes halogenated alkanes) is 3. The van der Waals surface area contributed by atoms with E-state index in [-0.39, 0.29) is 0 Å². The number of epoxide rings is 1. The van der Waals surface area contributed by atoms with Crippen molar-refractivity contribution in [2.24, 2.45) is 0 Å². The van der Waals surface area contributed by atoms with Crippen molar-refractivity contribution < 1.29 is 9.47 Å². The van der Waals surface area contributed by atoms with Crippen molar-refractivity contribution >= 4 is 0 Å². The van der Waals surface area contributed by atoms with E-state index in [1.165, 1.54) is 32.1 Å². The van der Waals surface area contributed by atoms with Crippen LogP contribution < -0.4 is 4.74 Å². The van der Waals surface area contributed by atoms with Crippen LogP contribution in [0.25, 0.3) is 0 Å². The van der Waals surface area contributed by atoms with Gasteiger partial charge in [-0.2, -0.15) is 0 Å². The lowest BCUT2D eigenvalue weighted by atomic mass is 10.1. The highest BCUT2D eigenvalue weighted by molar-refractivity contribution is 5.21. The van der Waals surface area contributed by atoms with Gasteiger partial charge in [-0.25, -0.2) is 0 Å². The zero-order chi connectivity index (χ0) is 11.9. The van der Waals surface area contributed by atoms with Gasteiger partial charge in [-0.05, 0) is 18.6 Å². The second-order valence-electron chi connectivity index (χ2n) is 4.69. The summed E-state index contributed by atoms with van der Waals surface area (Å²) >= 11 is 0. The number of hydrogen-bond acceptors (Lipinski definition) is 2. The summed E-state index contributed by atoms with van der Waals surface area (Å²) in [4.78, 5) is 0. The summed E-state index contributed by atoms with van der Waals surface area (Å²) in [6.07, 6.45) is 7.25. The zero-order valence-electron chi connectivity index (χ0n) is 10.6. The Bertz CT molecular complexity index is 310. The van der Waals surface area contributed by atoms with E-state index < -0.39 is 0 Å². The van der Waals surface area contributed by atoms with Crippen LogP contribution in [0.1, 0.15) is 39.0 Å². The molecule has 1 aliphatic rings. The highest BCUT2D eigenvalue weighted by Gasteiger charge is 2.38. The average Bonchev–Trinajstić information content (AvgIpc) is 3.12. The fraction of sp³-hybridized carbons (Fsp3) is 0.600. The summed E-state index contributed by atoms with van der Waals surface area (Å²) in [6.45, 7) is 2.94. The Morgan fingerprint density at radius 3 is 2.65 bits per heavy atom. The van der Waals surface area contributed by atoms with Crippen LogP contribution in [0, 0.1) is 0 Å². The van der Waals surface area contributed by atoms with E-state index in [4.69, 9.17) is 9.47 Å². The summed E-state index contributed by atoms with van der Waals surface area (Å²) in [5.41, 5.74) is 0. The number of ether oxygens (including phenoxy) is 2. The van der Waals surface area contributed by atoms with E-state index in [0.717, 1.165) is 5.75 Å². The maximum Gasteiger partial charge on any atom is 0.119 e. The second kappa shape index (κ2) is 6.65. The molecule has 94 valence electrons. The fourth-order valence-corrected chi connectivity index (χ4v) is 2.05. The highest BCUT2D eigenvalue weighted by atomic mass is 16.6. The second-order valence-corrected chi connectivity index (χ2v) is 4.69. The number of para-hydroxylation sites is 1. The SMILES string of the molecule is CCCCCCC1OC1COc1ccccc1. The van der Waals surface area contributed by atoms with Crippen LogP contribution in [0.3, 0.4) is 0 Å². The summed E-state index contributed by atoms with van der Waals surface area (Å²) in [6, 6.07) is 9.95. The molecular weight excluding hydrogens is 212 g/mol. The van der Waals surface area contributed by atoms with Gasteiger partial charge in [0, 0.05) is 0 Å². The number of hydrogen-bond donors (Lipinski definition) is 0. The molecule has 1 heterocycles. The Hall–Kier alpha value is -1.02. The molecule has 0 bridgehead atoms. The third-order valence-corrected chi connectivity index (χ3v) is 3.19. The van der Waals surface area contributed by atoms with E-state index >= 15 is 0 Å². The van der Waals surface area contributed by atoms with Gasteiger partial charge in [0.1, 0.15) is 18.5 Å². The smallest absolute Gasteiger partial charge is 0.119 e. The van der Waals surface area contributed by atoms with E-state index in [9.17, 15) is 0 Å². The lowest BCUT2D eigenvalue weighted by molar-refractivity contribution is 0.259. The van der Waals surface area contributed by atoms with Crippen molar-refractivity contribution in [1.29, 1.82) is 0 Å². The quantitative estimate of drug-likeness (QED) is 0.504. The molecule has 0 aliphatic carbocycles. The Balaban J connectivity index is 1.54. The van der Waals surface area contributed by atoms with Gasteiger partial charge in [-0.3, -0.25) is 0 Å². The number of rotatable bonds is 8. The van der Waals surface area contributed by atoms with Gasteiger partial charge in [0.05, 0.1) is 6.10 Å². The standard InChI is InChI=1S/C15H22O2/c1-2-3-4-8-11-14-15(17-14)12-16-13-9-6-5-7-10-13/h5-7,9-10,14-15H,2-4,8,11-12H2,1H3. The van der Waals surface area contributed by atoms with Crippen molar-refractivity contribution in [2.45, 2.75) is 51.2 Å². The van der Waals surface area contributed by atoms with Crippen LogP contribution in [-0.2, 0) is 4.74 Å². The molecule has 2 atom stereocenters. The van der Waals surface area contributed by atoms with Gasteiger partial charge in [0.2, 0.25) is 0 Å². The Labute approximate surface area is 104 Å². The van der Waals surface area contributed by atoms with Crippen LogP contribution in [0.5, 0.6) is 5.75 Å². The summed E-state index contributed by atoms with van der Waals surface area (Å²) in [7, 11) is 0. The van der Waals surface area contributed by atoms with E-state index in [1.54, 1.807) is 0 Å². The molecule has 2 unspecified atom stereocenters. The first kappa shape index (κ1) is 12.4. The Morgan fingerprint density at radius 2 is 1.88 bits per heavy atom. The third kappa shape index (κ3) is 4.39. The van der Waals surface area contributed by atoms with Crippen molar-refractivity contribution in [1.82, 2.24) is 0 Å². The molecule has 1 aromatic rings. The van der Waals surface area contributed by atoms with Crippen molar-refractivity contribution in [3.63, 3.8) is 0 Å². The molecule has 0 spiro atoms. The van der Waals surface area contributed by atoms with Crippen LogP contribution in [0.15, 0.2) is 30.3 Å². The molecule has 0 saturated carbocycles. The van der Waals surface area contributed by atoms with Gasteiger partial charge in [0.25, 0.3) is 0 Å². The van der Waals surface area contributed by atoms with Crippen molar-refractivity contribution in [3.8, 4) is 5.75 Å². The van der Waals surface area contributed by atoms with Gasteiger partial charge < -0.3 is 9.47 Å². The topological polar surface area (TPSA) is 21.8 Å². The minimum atomic E-state index is 0.330. The molecule has 0 N–H and O–H groups in total. The van der Waals surface area contributed by atoms with Crippen LogP contribution in [0.2, 0.25) is 0 Å². The van der Waals surface area contributed by atoms with Gasteiger partial charge in [-0.1, -0.05) is 50.8 Å². The van der Waals surface area contributed by atoms with Crippen LogP contribution in [-0.4, -0.2) is 18.8 Å². The predicted octanol–water partition coefficient (Wildman–Crippen LogP) is 3.80. The lowest BCUT2D eigenvalue weighted by Crippen LogP contribution is -2.07. The van der Waals surface area contributed by atoms with E-state index in [1.807, 2.05) is 30.3 Å². The summed E-state index contributed by atoms with van der Waals surface area (Å²) in [5.74, 6) is 0.938. The Morgan fingerprint density at radius 1 is 1.06 bits per heavy atom. The monoisotopic (exact) mass is 234 g/mol. The minimum Gasteiger partial charge on any atom is -0.491 e. The first-order valence-corrected chi connectivity index (χ1v) is 6.73. The fourth-order valence-electron chi connectivity index (χ4n) is 2.05. The molecule has 1 aromatic carbocycles. The molecule has 1 saturated heterocycles. The van der Waals surface area contributed by atoms with E-state index in [0.29, 0.717) is 18.8 Å². The number of benzene rings is 1. The van der Waals surface area contributed by atoms with Crippen LogP contribution >= 0.6 is 0 Å². The minimum absolute atomic E-state index is 0.330. The summed E-state index contributed by atoms with van der Waals surface area (Å²) in [5, 5.41) is 0. The normalized spacial score (nSPS) is 22.4. The molecule has 2 rings (SSSR count). The molecule has 0 aromatic heterocycles. The molecule has 2 nitrogen and oxygen atoms in total. The first-order valence-electron chi connectivity index (χ1n) is 6.73. The maximum absolute atomic E-state index is 5.66. The predicted molar refractivity (Wildman–Crippen MR) is 69.4 cm³/mol. The molecule has 17 heavy (non-hydrogen) atoms. The van der Waals surface area contributed by atoms with E-state index in [2.05, 4.69) is 6.92 Å². The highest BCUT2D eigenvalue weighted by Crippen LogP contribution is 2.28. The third-order valence-electron chi connectivity index (χ3n) is 3.19. The molecule has 1 fully saturated rings. The average molecular weight is 234 g/mol. The van der Waals surface area contributed by atoms with Gasteiger partial charge in [0.15, 0.2) is 0 Å². The molecule has 0 radical (unpaired) electrons. The maximum atomic E-state index is 5.66.